The van der Waals surface area contributed by atoms with Crippen LogP contribution < -0.4 is 10.6 Å². The smallest absolute Gasteiger partial charge is 0.251 e. The SMILES string of the molecule is CCN(Cc1ccccc1)C(=O)CNC(=O)CCCNC(=O)c1ccccc1. The largest absolute Gasteiger partial charge is 0.352 e. The summed E-state index contributed by atoms with van der Waals surface area (Å²) in [5.41, 5.74) is 1.65. The van der Waals surface area contributed by atoms with Crippen LogP contribution in [0.2, 0.25) is 0 Å². The van der Waals surface area contributed by atoms with Gasteiger partial charge in [-0.25, -0.2) is 0 Å². The highest BCUT2D eigenvalue weighted by molar-refractivity contribution is 5.94. The maximum Gasteiger partial charge on any atom is 0.251 e. The topological polar surface area (TPSA) is 78.5 Å². The maximum absolute atomic E-state index is 12.3. The second-order valence-corrected chi connectivity index (χ2v) is 6.40. The van der Waals surface area contributed by atoms with Crippen molar-refractivity contribution in [3.05, 3.63) is 71.8 Å². The van der Waals surface area contributed by atoms with Crippen LogP contribution >= 0.6 is 0 Å². The molecule has 2 aromatic rings. The number of nitrogens with zero attached hydrogens (tertiary/aromatic N) is 1. The molecule has 0 unspecified atom stereocenters. The lowest BCUT2D eigenvalue weighted by Gasteiger charge is -2.21. The minimum atomic E-state index is -0.196. The minimum Gasteiger partial charge on any atom is -0.352 e. The van der Waals surface area contributed by atoms with E-state index in [2.05, 4.69) is 10.6 Å². The molecular weight excluding hydrogens is 354 g/mol. The molecule has 6 heteroatoms. The third kappa shape index (κ3) is 7.23. The number of amides is 3. The summed E-state index contributed by atoms with van der Waals surface area (Å²) in [7, 11) is 0. The Morgan fingerprint density at radius 2 is 1.54 bits per heavy atom. The van der Waals surface area contributed by atoms with E-state index in [9.17, 15) is 14.4 Å². The number of hydrogen-bond acceptors (Lipinski definition) is 3. The number of carbonyl (C=O) groups is 3. The summed E-state index contributed by atoms with van der Waals surface area (Å²) in [5.74, 6) is -0.467. The fourth-order valence-corrected chi connectivity index (χ4v) is 2.70. The number of likely N-dealkylation sites (N-methyl/N-ethyl adjacent to an activating group) is 1. The second-order valence-electron chi connectivity index (χ2n) is 6.40. The molecule has 2 rings (SSSR count). The van der Waals surface area contributed by atoms with Gasteiger partial charge in [-0.2, -0.15) is 0 Å². The third-order valence-electron chi connectivity index (χ3n) is 4.29. The molecule has 2 aromatic carbocycles. The third-order valence-corrected chi connectivity index (χ3v) is 4.29. The zero-order valence-electron chi connectivity index (χ0n) is 16.2. The molecule has 0 aliphatic carbocycles. The predicted molar refractivity (Wildman–Crippen MR) is 109 cm³/mol. The molecule has 0 atom stereocenters. The van der Waals surface area contributed by atoms with Crippen LogP contribution in [0.5, 0.6) is 0 Å². The molecule has 0 fully saturated rings. The van der Waals surface area contributed by atoms with Crippen LogP contribution in [0.1, 0.15) is 35.7 Å². The van der Waals surface area contributed by atoms with Crippen LogP contribution in [0.3, 0.4) is 0 Å². The van der Waals surface area contributed by atoms with E-state index < -0.39 is 0 Å². The van der Waals surface area contributed by atoms with Gasteiger partial charge in [0.1, 0.15) is 0 Å². The summed E-state index contributed by atoms with van der Waals surface area (Å²) in [4.78, 5) is 37.9. The first-order valence-electron chi connectivity index (χ1n) is 9.51. The Bertz CT molecular complexity index is 763. The van der Waals surface area contributed by atoms with Gasteiger partial charge in [-0.15, -0.1) is 0 Å². The van der Waals surface area contributed by atoms with Crippen LogP contribution in [-0.2, 0) is 16.1 Å². The number of carbonyl (C=O) groups excluding carboxylic acids is 3. The van der Waals surface area contributed by atoms with Crippen molar-refractivity contribution < 1.29 is 14.4 Å². The molecule has 148 valence electrons. The van der Waals surface area contributed by atoms with E-state index in [1.165, 1.54) is 0 Å². The number of nitrogens with one attached hydrogen (secondary N) is 2. The van der Waals surface area contributed by atoms with Crippen molar-refractivity contribution in [3.8, 4) is 0 Å². The Labute approximate surface area is 165 Å². The summed E-state index contributed by atoms with van der Waals surface area (Å²) >= 11 is 0. The van der Waals surface area contributed by atoms with E-state index in [0.717, 1.165) is 5.56 Å². The Morgan fingerprint density at radius 1 is 0.893 bits per heavy atom. The van der Waals surface area contributed by atoms with Gasteiger partial charge in [0, 0.05) is 31.6 Å². The van der Waals surface area contributed by atoms with Gasteiger partial charge >= 0.3 is 0 Å². The van der Waals surface area contributed by atoms with Gasteiger partial charge in [-0.05, 0) is 31.0 Å². The molecule has 2 N–H and O–H groups in total. The maximum atomic E-state index is 12.3. The molecule has 0 aromatic heterocycles. The number of hydrogen-bond donors (Lipinski definition) is 2. The monoisotopic (exact) mass is 381 g/mol. The van der Waals surface area contributed by atoms with Crippen LogP contribution in [0.15, 0.2) is 60.7 Å². The van der Waals surface area contributed by atoms with Crippen molar-refractivity contribution in [2.24, 2.45) is 0 Å². The van der Waals surface area contributed by atoms with E-state index in [1.54, 1.807) is 29.2 Å². The van der Waals surface area contributed by atoms with Crippen LogP contribution in [-0.4, -0.2) is 42.3 Å². The van der Waals surface area contributed by atoms with Crippen LogP contribution in [0, 0.1) is 0 Å². The van der Waals surface area contributed by atoms with E-state index in [-0.39, 0.29) is 30.7 Å². The fourth-order valence-electron chi connectivity index (χ4n) is 2.70. The normalized spacial score (nSPS) is 10.2. The highest BCUT2D eigenvalue weighted by Crippen LogP contribution is 2.04. The molecule has 0 aliphatic heterocycles. The van der Waals surface area contributed by atoms with Gasteiger partial charge in [-0.3, -0.25) is 14.4 Å². The lowest BCUT2D eigenvalue weighted by Crippen LogP contribution is -2.39. The Kier molecular flexibility index (Phi) is 8.72. The average Bonchev–Trinajstić information content (AvgIpc) is 2.74. The fraction of sp³-hybridized carbons (Fsp3) is 0.318. The van der Waals surface area contributed by atoms with Crippen molar-refractivity contribution in [2.45, 2.75) is 26.3 Å². The van der Waals surface area contributed by atoms with Gasteiger partial charge in [0.15, 0.2) is 0 Å². The van der Waals surface area contributed by atoms with E-state index in [0.29, 0.717) is 31.6 Å². The molecule has 0 heterocycles. The first kappa shape index (κ1) is 21.2. The summed E-state index contributed by atoms with van der Waals surface area (Å²) in [6, 6.07) is 18.7. The van der Waals surface area contributed by atoms with Crippen molar-refractivity contribution >= 4 is 17.7 Å². The first-order chi connectivity index (χ1) is 13.6. The van der Waals surface area contributed by atoms with E-state index >= 15 is 0 Å². The summed E-state index contributed by atoms with van der Waals surface area (Å²) in [5, 5.41) is 5.44. The van der Waals surface area contributed by atoms with Crippen LogP contribution in [0.25, 0.3) is 0 Å². The Balaban J connectivity index is 1.64. The van der Waals surface area contributed by atoms with Gasteiger partial charge in [-0.1, -0.05) is 48.5 Å². The average molecular weight is 381 g/mol. The van der Waals surface area contributed by atoms with E-state index in [1.807, 2.05) is 43.3 Å². The molecule has 0 aliphatic rings. The number of rotatable bonds is 10. The molecule has 0 radical (unpaired) electrons. The number of benzene rings is 2. The lowest BCUT2D eigenvalue weighted by atomic mass is 10.2. The standard InChI is InChI=1S/C22H27N3O3/c1-2-25(17-18-10-5-3-6-11-18)21(27)16-24-20(26)14-9-15-23-22(28)19-12-7-4-8-13-19/h3-8,10-13H,2,9,14-17H2,1H3,(H,23,28)(H,24,26). The van der Waals surface area contributed by atoms with Crippen molar-refractivity contribution in [1.82, 2.24) is 15.5 Å². The molecule has 6 nitrogen and oxygen atoms in total. The van der Waals surface area contributed by atoms with Gasteiger partial charge in [0.2, 0.25) is 11.8 Å². The van der Waals surface area contributed by atoms with Gasteiger partial charge < -0.3 is 15.5 Å². The van der Waals surface area contributed by atoms with Crippen molar-refractivity contribution in [1.29, 1.82) is 0 Å². The predicted octanol–water partition coefficient (Wildman–Crippen LogP) is 2.36. The van der Waals surface area contributed by atoms with Crippen molar-refractivity contribution in [3.63, 3.8) is 0 Å². The van der Waals surface area contributed by atoms with Gasteiger partial charge in [0.05, 0.1) is 6.54 Å². The molecule has 0 saturated heterocycles. The molecule has 0 saturated carbocycles. The summed E-state index contributed by atoms with van der Waals surface area (Å²) < 4.78 is 0. The Hall–Kier alpha value is -3.15. The zero-order chi connectivity index (χ0) is 20.2. The summed E-state index contributed by atoms with van der Waals surface area (Å²) in [6.45, 7) is 3.41. The zero-order valence-corrected chi connectivity index (χ0v) is 16.2. The van der Waals surface area contributed by atoms with Crippen LogP contribution in [0.4, 0.5) is 0 Å². The van der Waals surface area contributed by atoms with E-state index in [4.69, 9.17) is 0 Å². The molecule has 0 spiro atoms. The summed E-state index contributed by atoms with van der Waals surface area (Å²) in [6.07, 6.45) is 0.771. The lowest BCUT2D eigenvalue weighted by molar-refractivity contribution is -0.133. The molecule has 3 amide bonds. The van der Waals surface area contributed by atoms with Crippen molar-refractivity contribution in [2.75, 3.05) is 19.6 Å². The molecule has 0 bridgehead atoms. The second kappa shape index (κ2) is 11.5. The quantitative estimate of drug-likeness (QED) is 0.620. The highest BCUT2D eigenvalue weighted by Gasteiger charge is 2.13. The Morgan fingerprint density at radius 3 is 2.18 bits per heavy atom. The highest BCUT2D eigenvalue weighted by atomic mass is 16.2. The first-order valence-corrected chi connectivity index (χ1v) is 9.51. The molecule has 28 heavy (non-hydrogen) atoms. The minimum absolute atomic E-state index is 0.0180. The molecular formula is C22H27N3O3. The van der Waals surface area contributed by atoms with Gasteiger partial charge in [0.25, 0.3) is 5.91 Å².